The molecule has 0 aliphatic heterocycles. The summed E-state index contributed by atoms with van der Waals surface area (Å²) in [5.74, 6) is 1.50. The third-order valence-corrected chi connectivity index (χ3v) is 3.86. The van der Waals surface area contributed by atoms with E-state index in [1.54, 1.807) is 25.6 Å². The summed E-state index contributed by atoms with van der Waals surface area (Å²) in [5.41, 5.74) is 1.17. The maximum Gasteiger partial charge on any atom is 0.161 e. The summed E-state index contributed by atoms with van der Waals surface area (Å²) >= 11 is 1.76. The maximum absolute atomic E-state index is 5.62. The molecule has 0 radical (unpaired) electrons. The van der Waals surface area contributed by atoms with E-state index >= 15 is 0 Å². The first-order valence-electron chi connectivity index (χ1n) is 6.85. The fourth-order valence-corrected chi connectivity index (χ4v) is 2.59. The van der Waals surface area contributed by atoms with Crippen molar-refractivity contribution < 1.29 is 14.2 Å². The molecule has 0 aliphatic rings. The lowest BCUT2D eigenvalue weighted by Crippen LogP contribution is -2.12. The van der Waals surface area contributed by atoms with Crippen LogP contribution in [0, 0.1) is 0 Å². The number of ether oxygens (including phenoxy) is 3. The Balaban J connectivity index is 1.88. The number of nitrogens with one attached hydrogen (secondary N) is 1. The van der Waals surface area contributed by atoms with Crippen LogP contribution in [0.3, 0.4) is 0 Å². The van der Waals surface area contributed by atoms with E-state index < -0.39 is 0 Å². The first kappa shape index (κ1) is 15.8. The van der Waals surface area contributed by atoms with Crippen molar-refractivity contribution in [2.75, 3.05) is 27.4 Å². The molecule has 1 aromatic carbocycles. The quantitative estimate of drug-likeness (QED) is 0.723. The molecule has 0 unspecified atom stereocenters. The van der Waals surface area contributed by atoms with Gasteiger partial charge in [-0.3, -0.25) is 0 Å². The third-order valence-electron chi connectivity index (χ3n) is 2.98. The lowest BCUT2D eigenvalue weighted by atomic mass is 10.2. The van der Waals surface area contributed by atoms with Gasteiger partial charge >= 0.3 is 0 Å². The maximum atomic E-state index is 5.62. The van der Waals surface area contributed by atoms with Crippen LogP contribution >= 0.6 is 11.3 Å². The van der Waals surface area contributed by atoms with Crippen molar-refractivity contribution in [2.45, 2.75) is 13.1 Å². The Hall–Kier alpha value is -1.56. The largest absolute Gasteiger partial charge is 0.493 e. The topological polar surface area (TPSA) is 39.7 Å². The normalized spacial score (nSPS) is 10.6. The van der Waals surface area contributed by atoms with E-state index in [9.17, 15) is 0 Å². The monoisotopic (exact) mass is 307 g/mol. The van der Waals surface area contributed by atoms with E-state index in [0.29, 0.717) is 13.2 Å². The molecule has 0 fully saturated rings. The van der Waals surface area contributed by atoms with Gasteiger partial charge in [-0.2, -0.15) is 0 Å². The van der Waals surface area contributed by atoms with Gasteiger partial charge in [0, 0.05) is 25.1 Å². The molecule has 2 aromatic rings. The second kappa shape index (κ2) is 8.67. The summed E-state index contributed by atoms with van der Waals surface area (Å²) in [4.78, 5) is 1.33. The molecule has 4 nitrogen and oxygen atoms in total. The van der Waals surface area contributed by atoms with Crippen molar-refractivity contribution in [3.05, 3.63) is 46.2 Å². The molecule has 0 saturated heterocycles. The molecule has 1 N–H and O–H groups in total. The van der Waals surface area contributed by atoms with Gasteiger partial charge in [0.05, 0.1) is 13.7 Å². The van der Waals surface area contributed by atoms with E-state index in [1.165, 1.54) is 10.4 Å². The van der Waals surface area contributed by atoms with E-state index in [4.69, 9.17) is 14.2 Å². The highest BCUT2D eigenvalue weighted by Crippen LogP contribution is 2.28. The van der Waals surface area contributed by atoms with Gasteiger partial charge in [-0.15, -0.1) is 11.3 Å². The Kier molecular flexibility index (Phi) is 6.53. The first-order chi connectivity index (χ1) is 10.3. The number of rotatable bonds is 9. The highest BCUT2D eigenvalue weighted by molar-refractivity contribution is 7.09. The Labute approximate surface area is 129 Å². The van der Waals surface area contributed by atoms with Gasteiger partial charge in [0.25, 0.3) is 0 Å². The summed E-state index contributed by atoms with van der Waals surface area (Å²) in [6, 6.07) is 10.2. The van der Waals surface area contributed by atoms with Gasteiger partial charge in [0.2, 0.25) is 0 Å². The van der Waals surface area contributed by atoms with E-state index in [0.717, 1.165) is 24.6 Å². The van der Waals surface area contributed by atoms with Gasteiger partial charge in [-0.25, -0.2) is 0 Å². The number of hydrogen-bond acceptors (Lipinski definition) is 5. The number of thiophene rings is 1. The summed E-state index contributed by atoms with van der Waals surface area (Å²) < 4.78 is 16.0. The molecular formula is C16H21NO3S. The van der Waals surface area contributed by atoms with Crippen LogP contribution in [0.25, 0.3) is 0 Å². The van der Waals surface area contributed by atoms with Crippen LogP contribution in [-0.4, -0.2) is 27.4 Å². The van der Waals surface area contributed by atoms with Gasteiger partial charge in [-0.1, -0.05) is 12.1 Å². The second-order valence-corrected chi connectivity index (χ2v) is 5.54. The minimum absolute atomic E-state index is 0.517. The smallest absolute Gasteiger partial charge is 0.161 e. The average molecular weight is 307 g/mol. The Morgan fingerprint density at radius 2 is 1.95 bits per heavy atom. The molecule has 114 valence electrons. The molecule has 0 bridgehead atoms. The summed E-state index contributed by atoms with van der Waals surface area (Å²) in [6.45, 7) is 2.76. The highest BCUT2D eigenvalue weighted by atomic mass is 32.1. The number of hydrogen-bond donors (Lipinski definition) is 1. The predicted molar refractivity (Wildman–Crippen MR) is 85.2 cm³/mol. The van der Waals surface area contributed by atoms with Crippen molar-refractivity contribution in [3.63, 3.8) is 0 Å². The number of methoxy groups -OCH3 is 2. The molecule has 0 amide bonds. The van der Waals surface area contributed by atoms with Crippen molar-refractivity contribution in [3.8, 4) is 11.5 Å². The Morgan fingerprint density at radius 3 is 2.67 bits per heavy atom. The summed E-state index contributed by atoms with van der Waals surface area (Å²) in [7, 11) is 3.31. The van der Waals surface area contributed by atoms with Crippen molar-refractivity contribution in [1.29, 1.82) is 0 Å². The van der Waals surface area contributed by atoms with Crippen LogP contribution in [0.15, 0.2) is 35.7 Å². The van der Waals surface area contributed by atoms with Crippen LogP contribution in [0.4, 0.5) is 0 Å². The Morgan fingerprint density at radius 1 is 1.05 bits per heavy atom. The van der Waals surface area contributed by atoms with E-state index in [-0.39, 0.29) is 0 Å². The lowest BCUT2D eigenvalue weighted by molar-refractivity contribution is 0.144. The Bertz CT molecular complexity index is 528. The van der Waals surface area contributed by atoms with Crippen LogP contribution < -0.4 is 14.8 Å². The van der Waals surface area contributed by atoms with Gasteiger partial charge in [-0.05, 0) is 29.1 Å². The third kappa shape index (κ3) is 5.04. The van der Waals surface area contributed by atoms with Crippen molar-refractivity contribution in [1.82, 2.24) is 5.32 Å². The van der Waals surface area contributed by atoms with Crippen LogP contribution in [0.2, 0.25) is 0 Å². The fourth-order valence-electron chi connectivity index (χ4n) is 1.92. The van der Waals surface area contributed by atoms with Crippen LogP contribution in [0.5, 0.6) is 11.5 Å². The molecule has 1 aromatic heterocycles. The molecule has 5 heteroatoms. The highest BCUT2D eigenvalue weighted by Gasteiger charge is 2.06. The summed E-state index contributed by atoms with van der Waals surface area (Å²) in [5, 5.41) is 5.51. The predicted octanol–water partition coefficient (Wildman–Crippen LogP) is 3.07. The standard InChI is InChI=1S/C16H21NO3S/c1-18-7-8-20-15-6-5-13(10-16(15)19-2)11-17-12-14-4-3-9-21-14/h3-6,9-10,17H,7-8,11-12H2,1-2H3. The van der Waals surface area contributed by atoms with E-state index in [2.05, 4.69) is 22.8 Å². The molecular weight excluding hydrogens is 286 g/mol. The SMILES string of the molecule is COCCOc1ccc(CNCc2cccs2)cc1OC. The minimum atomic E-state index is 0.517. The molecule has 0 saturated carbocycles. The van der Waals surface area contributed by atoms with Crippen LogP contribution in [-0.2, 0) is 17.8 Å². The molecule has 21 heavy (non-hydrogen) atoms. The van der Waals surface area contributed by atoms with Gasteiger partial charge in [0.1, 0.15) is 6.61 Å². The molecule has 1 heterocycles. The second-order valence-electron chi connectivity index (χ2n) is 4.51. The molecule has 0 spiro atoms. The van der Waals surface area contributed by atoms with Crippen molar-refractivity contribution in [2.24, 2.45) is 0 Å². The molecule has 0 atom stereocenters. The minimum Gasteiger partial charge on any atom is -0.493 e. The lowest BCUT2D eigenvalue weighted by Gasteiger charge is -2.12. The zero-order chi connectivity index (χ0) is 14.9. The van der Waals surface area contributed by atoms with Crippen LogP contribution in [0.1, 0.15) is 10.4 Å². The van der Waals surface area contributed by atoms with Gasteiger partial charge < -0.3 is 19.5 Å². The zero-order valence-corrected chi connectivity index (χ0v) is 13.2. The van der Waals surface area contributed by atoms with E-state index in [1.807, 2.05) is 18.2 Å². The molecule has 0 aliphatic carbocycles. The van der Waals surface area contributed by atoms with Gasteiger partial charge in [0.15, 0.2) is 11.5 Å². The molecule has 2 rings (SSSR count). The average Bonchev–Trinajstić information content (AvgIpc) is 3.02. The first-order valence-corrected chi connectivity index (χ1v) is 7.73. The fraction of sp³-hybridized carbons (Fsp3) is 0.375. The zero-order valence-electron chi connectivity index (χ0n) is 12.4. The number of benzene rings is 1. The summed E-state index contributed by atoms with van der Waals surface area (Å²) in [6.07, 6.45) is 0. The van der Waals surface area contributed by atoms with Crippen molar-refractivity contribution >= 4 is 11.3 Å².